The Morgan fingerprint density at radius 3 is 2.86 bits per heavy atom. The summed E-state index contributed by atoms with van der Waals surface area (Å²) in [7, 11) is 0. The first-order chi connectivity index (χ1) is 10.5. The third-order valence-corrected chi connectivity index (χ3v) is 8.90. The van der Waals surface area contributed by atoms with Gasteiger partial charge in [0.15, 0.2) is 5.78 Å². The highest BCUT2D eigenvalue weighted by atomic mass is 79.9. The number of halogens is 1. The second-order valence-corrected chi connectivity index (χ2v) is 9.12. The molecule has 0 heterocycles. The summed E-state index contributed by atoms with van der Waals surface area (Å²) in [6, 6.07) is 0. The fraction of sp³-hybridized carbons (Fsp3) is 0.842. The zero-order valence-corrected chi connectivity index (χ0v) is 15.0. The Balaban J connectivity index is 1.66. The van der Waals surface area contributed by atoms with Crippen LogP contribution in [0.4, 0.5) is 0 Å². The minimum atomic E-state index is -0.140. The lowest BCUT2D eigenvalue weighted by atomic mass is 9.45. The zero-order chi connectivity index (χ0) is 15.5. The number of alkyl halides is 1. The Kier molecular flexibility index (Phi) is 3.62. The van der Waals surface area contributed by atoms with Crippen LogP contribution in [0.1, 0.15) is 51.9 Å². The van der Waals surface area contributed by atoms with E-state index in [-0.39, 0.29) is 11.5 Å². The zero-order valence-electron chi connectivity index (χ0n) is 13.4. The number of ketones is 1. The number of hydrogen-bond donors (Lipinski definition) is 1. The molecule has 0 saturated heterocycles. The van der Waals surface area contributed by atoms with E-state index in [1.807, 2.05) is 6.08 Å². The average molecular weight is 367 g/mol. The van der Waals surface area contributed by atoms with Crippen LogP contribution in [0.15, 0.2) is 12.2 Å². The van der Waals surface area contributed by atoms with Crippen molar-refractivity contribution in [3.8, 4) is 0 Å². The second-order valence-electron chi connectivity index (χ2n) is 8.56. The lowest BCUT2D eigenvalue weighted by molar-refractivity contribution is -0.139. The molecule has 0 radical (unpaired) electrons. The van der Waals surface area contributed by atoms with Crippen LogP contribution in [-0.2, 0) is 4.79 Å². The predicted molar refractivity (Wildman–Crippen MR) is 90.8 cm³/mol. The Hall–Kier alpha value is -0.150. The van der Waals surface area contributed by atoms with E-state index in [1.165, 1.54) is 25.7 Å². The van der Waals surface area contributed by atoms with Crippen LogP contribution >= 0.6 is 15.9 Å². The first-order valence-corrected chi connectivity index (χ1v) is 10.1. The predicted octanol–water partition coefficient (Wildman–Crippen LogP) is 4.11. The number of aliphatic hydroxyl groups excluding tert-OH is 1. The summed E-state index contributed by atoms with van der Waals surface area (Å²) in [5, 5.41) is 10.9. The Morgan fingerprint density at radius 2 is 2.09 bits per heavy atom. The monoisotopic (exact) mass is 366 g/mol. The van der Waals surface area contributed by atoms with Gasteiger partial charge >= 0.3 is 0 Å². The van der Waals surface area contributed by atoms with Crippen molar-refractivity contribution in [1.29, 1.82) is 0 Å². The summed E-state index contributed by atoms with van der Waals surface area (Å²) < 4.78 is 0. The SMILES string of the molecule is C[C@]12CC[C@H](O)C[C@@H]1CC[C@H]1[C@@H]3C=CC(=O)[C@@]3(CBr)CC[C@@H]12. The molecule has 4 aliphatic rings. The van der Waals surface area contributed by atoms with Crippen molar-refractivity contribution >= 4 is 21.7 Å². The molecular weight excluding hydrogens is 340 g/mol. The van der Waals surface area contributed by atoms with Gasteiger partial charge in [0.25, 0.3) is 0 Å². The van der Waals surface area contributed by atoms with Crippen molar-refractivity contribution in [2.75, 3.05) is 5.33 Å². The van der Waals surface area contributed by atoms with Gasteiger partial charge in [-0.2, -0.15) is 0 Å². The molecule has 1 N–H and O–H groups in total. The third kappa shape index (κ3) is 1.90. The van der Waals surface area contributed by atoms with Crippen LogP contribution in [0.3, 0.4) is 0 Å². The third-order valence-electron chi connectivity index (χ3n) is 7.90. The normalized spacial score (nSPS) is 53.8. The molecular formula is C19H27BrO2. The first-order valence-electron chi connectivity index (χ1n) is 8.98. The lowest BCUT2D eigenvalue weighted by Crippen LogP contribution is -2.55. The van der Waals surface area contributed by atoms with Crippen molar-refractivity contribution in [1.82, 2.24) is 0 Å². The van der Waals surface area contributed by atoms with Crippen LogP contribution in [-0.4, -0.2) is 22.3 Å². The molecule has 2 nitrogen and oxygen atoms in total. The highest BCUT2D eigenvalue weighted by Crippen LogP contribution is 2.64. The summed E-state index contributed by atoms with van der Waals surface area (Å²) in [5.41, 5.74) is 0.249. The van der Waals surface area contributed by atoms with Gasteiger partial charge < -0.3 is 5.11 Å². The van der Waals surface area contributed by atoms with E-state index in [0.29, 0.717) is 29.0 Å². The van der Waals surface area contributed by atoms with E-state index in [2.05, 4.69) is 28.9 Å². The average Bonchev–Trinajstić information content (AvgIpc) is 2.86. The van der Waals surface area contributed by atoms with Crippen LogP contribution in [0.25, 0.3) is 0 Å². The number of hydrogen-bond acceptors (Lipinski definition) is 2. The highest BCUT2D eigenvalue weighted by Gasteiger charge is 2.60. The molecule has 3 heteroatoms. The topological polar surface area (TPSA) is 37.3 Å². The molecule has 7 atom stereocenters. The summed E-state index contributed by atoms with van der Waals surface area (Å²) in [6.07, 6.45) is 11.9. The highest BCUT2D eigenvalue weighted by molar-refractivity contribution is 9.09. The largest absolute Gasteiger partial charge is 0.393 e. The van der Waals surface area contributed by atoms with Gasteiger partial charge in [0.2, 0.25) is 0 Å². The van der Waals surface area contributed by atoms with Crippen LogP contribution < -0.4 is 0 Å². The van der Waals surface area contributed by atoms with Crippen molar-refractivity contribution < 1.29 is 9.90 Å². The van der Waals surface area contributed by atoms with Crippen molar-refractivity contribution in [2.45, 2.75) is 58.0 Å². The molecule has 0 spiro atoms. The summed E-state index contributed by atoms with van der Waals surface area (Å²) in [6.45, 7) is 2.49. The fourth-order valence-corrected chi connectivity index (χ4v) is 7.50. The molecule has 0 aliphatic heterocycles. The molecule has 122 valence electrons. The Morgan fingerprint density at radius 1 is 1.27 bits per heavy atom. The van der Waals surface area contributed by atoms with Crippen LogP contribution in [0.5, 0.6) is 0 Å². The standard InChI is InChI=1S/C19H27BrO2/c1-18-8-6-13(21)10-12(18)2-3-14-15(18)7-9-19(11-20)16(14)4-5-17(19)22/h4-5,12-16,21H,2-3,6-11H2,1H3/t12-,13-,14+,15-,16-,18-,19+/m0/s1. The van der Waals surface area contributed by atoms with Gasteiger partial charge in [0.05, 0.1) is 6.10 Å². The van der Waals surface area contributed by atoms with Crippen LogP contribution in [0, 0.1) is 34.5 Å². The maximum Gasteiger partial charge on any atom is 0.162 e. The molecule has 4 rings (SSSR count). The van der Waals surface area contributed by atoms with Gasteiger partial charge in [0.1, 0.15) is 0 Å². The van der Waals surface area contributed by atoms with E-state index in [1.54, 1.807) is 0 Å². The van der Waals surface area contributed by atoms with E-state index >= 15 is 0 Å². The molecule has 0 unspecified atom stereocenters. The van der Waals surface area contributed by atoms with Crippen molar-refractivity contribution in [3.63, 3.8) is 0 Å². The van der Waals surface area contributed by atoms with Crippen molar-refractivity contribution in [3.05, 3.63) is 12.2 Å². The van der Waals surface area contributed by atoms with E-state index < -0.39 is 0 Å². The van der Waals surface area contributed by atoms with Gasteiger partial charge in [0, 0.05) is 10.7 Å². The fourth-order valence-electron chi connectivity index (χ4n) is 6.57. The number of carbonyl (C=O) groups excluding carboxylic acids is 1. The first kappa shape index (κ1) is 15.4. The van der Waals surface area contributed by atoms with E-state index in [9.17, 15) is 9.90 Å². The Bertz CT molecular complexity index is 516. The number of allylic oxidation sites excluding steroid dienone is 2. The second kappa shape index (κ2) is 5.17. The summed E-state index contributed by atoms with van der Waals surface area (Å²) in [5.74, 6) is 2.91. The number of fused-ring (bicyclic) bond motifs is 5. The van der Waals surface area contributed by atoms with Gasteiger partial charge in [-0.3, -0.25) is 4.79 Å². The minimum Gasteiger partial charge on any atom is -0.393 e. The maximum atomic E-state index is 12.5. The molecule has 4 aliphatic carbocycles. The molecule has 0 amide bonds. The molecule has 22 heavy (non-hydrogen) atoms. The van der Waals surface area contributed by atoms with Gasteiger partial charge in [-0.15, -0.1) is 0 Å². The smallest absolute Gasteiger partial charge is 0.162 e. The van der Waals surface area contributed by atoms with Crippen LogP contribution in [0.2, 0.25) is 0 Å². The van der Waals surface area contributed by atoms with Gasteiger partial charge in [-0.1, -0.05) is 28.9 Å². The molecule has 0 aromatic heterocycles. The summed E-state index contributed by atoms with van der Waals surface area (Å²) in [4.78, 5) is 12.5. The molecule has 0 bridgehead atoms. The van der Waals surface area contributed by atoms with E-state index in [0.717, 1.165) is 30.5 Å². The molecule has 3 fully saturated rings. The number of aliphatic hydroxyl groups is 1. The lowest BCUT2D eigenvalue weighted by Gasteiger charge is -2.60. The minimum absolute atomic E-state index is 0.0761. The molecule has 0 aromatic rings. The molecule has 0 aromatic carbocycles. The molecule has 3 saturated carbocycles. The Labute approximate surface area is 141 Å². The number of carbonyl (C=O) groups is 1. The summed E-state index contributed by atoms with van der Waals surface area (Å²) >= 11 is 3.66. The van der Waals surface area contributed by atoms with Gasteiger partial charge in [-0.25, -0.2) is 0 Å². The quantitative estimate of drug-likeness (QED) is 0.709. The van der Waals surface area contributed by atoms with E-state index in [4.69, 9.17) is 0 Å². The van der Waals surface area contributed by atoms with Gasteiger partial charge in [-0.05, 0) is 80.1 Å². The van der Waals surface area contributed by atoms with Crippen molar-refractivity contribution in [2.24, 2.45) is 34.5 Å². The maximum absolute atomic E-state index is 12.5. The number of rotatable bonds is 1.